The molecule has 0 bridgehead atoms. The molecule has 2 rings (SSSR count). The van der Waals surface area contributed by atoms with Crippen LogP contribution in [0.25, 0.3) is 0 Å². The lowest BCUT2D eigenvalue weighted by atomic mass is 10.3. The summed E-state index contributed by atoms with van der Waals surface area (Å²) in [6.45, 7) is 0. The van der Waals surface area contributed by atoms with Gasteiger partial charge in [0.1, 0.15) is 4.88 Å². The number of nitrogens with zero attached hydrogens (tertiary/aromatic N) is 1. The monoisotopic (exact) mass is 325 g/mol. The number of benzene rings is 1. The number of nitrogens with two attached hydrogens (primary N) is 1. The number of amides is 1. The smallest absolute Gasteiger partial charge is 0.267 e. The van der Waals surface area contributed by atoms with Crippen LogP contribution in [0.1, 0.15) is 9.67 Å². The van der Waals surface area contributed by atoms with E-state index in [-0.39, 0.29) is 10.8 Å². The van der Waals surface area contributed by atoms with Gasteiger partial charge in [-0.1, -0.05) is 6.07 Å². The minimum atomic E-state index is -3.54. The van der Waals surface area contributed by atoms with Gasteiger partial charge in [-0.3, -0.25) is 4.79 Å². The summed E-state index contributed by atoms with van der Waals surface area (Å²) in [6.07, 6.45) is 0. The van der Waals surface area contributed by atoms with Gasteiger partial charge in [-0.2, -0.15) is 0 Å². The molecule has 0 aliphatic heterocycles. The fourth-order valence-electron chi connectivity index (χ4n) is 1.64. The maximum atomic E-state index is 12.1. The van der Waals surface area contributed by atoms with Gasteiger partial charge in [0.05, 0.1) is 10.6 Å². The zero-order valence-electron chi connectivity index (χ0n) is 11.5. The van der Waals surface area contributed by atoms with E-state index < -0.39 is 10.0 Å². The number of anilines is 2. The van der Waals surface area contributed by atoms with Crippen LogP contribution in [0.5, 0.6) is 0 Å². The van der Waals surface area contributed by atoms with Gasteiger partial charge in [-0.25, -0.2) is 12.7 Å². The molecule has 0 atom stereocenters. The van der Waals surface area contributed by atoms with Gasteiger partial charge in [-0.05, 0) is 29.6 Å². The number of thiophene rings is 1. The summed E-state index contributed by atoms with van der Waals surface area (Å²) in [7, 11) is -0.635. The minimum Gasteiger partial charge on any atom is -0.397 e. The molecule has 1 amide bonds. The second-order valence-corrected chi connectivity index (χ2v) is 7.54. The molecule has 0 aliphatic rings. The van der Waals surface area contributed by atoms with E-state index in [1.54, 1.807) is 23.6 Å². The Bertz CT molecular complexity index is 766. The molecule has 0 saturated carbocycles. The lowest BCUT2D eigenvalue weighted by molar-refractivity contribution is 0.103. The molecular formula is C13H15N3O3S2. The Morgan fingerprint density at radius 3 is 2.57 bits per heavy atom. The predicted molar refractivity (Wildman–Crippen MR) is 84.0 cm³/mol. The van der Waals surface area contributed by atoms with E-state index in [0.29, 0.717) is 16.3 Å². The number of nitrogen functional groups attached to an aromatic ring is 1. The summed E-state index contributed by atoms with van der Waals surface area (Å²) in [5, 5.41) is 4.36. The standard InChI is InChI=1S/C13H15N3O3S2/c1-16(2)21(18,19)10-5-3-4-9(8-10)15-13(17)12-11(14)6-7-20-12/h3-8H,14H2,1-2H3,(H,15,17). The summed E-state index contributed by atoms with van der Waals surface area (Å²) in [5.41, 5.74) is 6.48. The molecule has 112 valence electrons. The van der Waals surface area contributed by atoms with Gasteiger partial charge in [0.15, 0.2) is 0 Å². The van der Waals surface area contributed by atoms with Crippen molar-refractivity contribution in [2.75, 3.05) is 25.1 Å². The number of hydrogen-bond donors (Lipinski definition) is 2. The Labute approximate surface area is 127 Å². The molecule has 3 N–H and O–H groups in total. The highest BCUT2D eigenvalue weighted by atomic mass is 32.2. The second-order valence-electron chi connectivity index (χ2n) is 4.47. The van der Waals surface area contributed by atoms with Crippen LogP contribution >= 0.6 is 11.3 Å². The van der Waals surface area contributed by atoms with Crippen LogP contribution in [0.15, 0.2) is 40.6 Å². The van der Waals surface area contributed by atoms with Crippen molar-refractivity contribution in [1.82, 2.24) is 4.31 Å². The third-order valence-corrected chi connectivity index (χ3v) is 5.51. The number of sulfonamides is 1. The van der Waals surface area contributed by atoms with Crippen molar-refractivity contribution in [3.63, 3.8) is 0 Å². The van der Waals surface area contributed by atoms with E-state index >= 15 is 0 Å². The minimum absolute atomic E-state index is 0.115. The second kappa shape index (κ2) is 5.84. The molecule has 0 spiro atoms. The van der Waals surface area contributed by atoms with Crippen molar-refractivity contribution >= 4 is 38.6 Å². The van der Waals surface area contributed by atoms with E-state index in [0.717, 1.165) is 4.31 Å². The normalized spacial score (nSPS) is 11.6. The maximum absolute atomic E-state index is 12.1. The molecule has 8 heteroatoms. The lowest BCUT2D eigenvalue weighted by Crippen LogP contribution is -2.22. The maximum Gasteiger partial charge on any atom is 0.267 e. The van der Waals surface area contributed by atoms with Crippen LogP contribution in [-0.2, 0) is 10.0 Å². The Balaban J connectivity index is 2.27. The average Bonchev–Trinajstić information content (AvgIpc) is 2.85. The first-order chi connectivity index (χ1) is 9.82. The number of carbonyl (C=O) groups is 1. The largest absolute Gasteiger partial charge is 0.397 e. The Morgan fingerprint density at radius 1 is 1.29 bits per heavy atom. The molecule has 0 saturated heterocycles. The fourth-order valence-corrected chi connectivity index (χ4v) is 3.30. The number of rotatable bonds is 4. The topological polar surface area (TPSA) is 92.5 Å². The molecule has 1 aromatic carbocycles. The van der Waals surface area contributed by atoms with Crippen molar-refractivity contribution in [3.8, 4) is 0 Å². The number of hydrogen-bond acceptors (Lipinski definition) is 5. The fraction of sp³-hybridized carbons (Fsp3) is 0.154. The third kappa shape index (κ3) is 3.23. The molecule has 0 unspecified atom stereocenters. The van der Waals surface area contributed by atoms with E-state index in [9.17, 15) is 13.2 Å². The molecule has 2 aromatic rings. The van der Waals surface area contributed by atoms with E-state index in [1.807, 2.05) is 0 Å². The molecule has 0 radical (unpaired) electrons. The average molecular weight is 325 g/mol. The van der Waals surface area contributed by atoms with Gasteiger partial charge < -0.3 is 11.1 Å². The summed E-state index contributed by atoms with van der Waals surface area (Å²) >= 11 is 1.23. The van der Waals surface area contributed by atoms with Crippen LogP contribution < -0.4 is 11.1 Å². The molecule has 1 aromatic heterocycles. The summed E-state index contributed by atoms with van der Waals surface area (Å²) in [5.74, 6) is -0.359. The quantitative estimate of drug-likeness (QED) is 0.897. The highest BCUT2D eigenvalue weighted by Crippen LogP contribution is 2.22. The molecule has 0 aliphatic carbocycles. The van der Waals surface area contributed by atoms with Crippen molar-refractivity contribution in [3.05, 3.63) is 40.6 Å². The van der Waals surface area contributed by atoms with Crippen molar-refractivity contribution < 1.29 is 13.2 Å². The van der Waals surface area contributed by atoms with Gasteiger partial charge in [0.25, 0.3) is 5.91 Å². The SMILES string of the molecule is CN(C)S(=O)(=O)c1cccc(NC(=O)c2sccc2N)c1. The number of carbonyl (C=O) groups excluding carboxylic acids is 1. The first-order valence-electron chi connectivity index (χ1n) is 5.99. The van der Waals surface area contributed by atoms with Gasteiger partial charge in [0.2, 0.25) is 10.0 Å². The van der Waals surface area contributed by atoms with Crippen LogP contribution in [0, 0.1) is 0 Å². The highest BCUT2D eigenvalue weighted by Gasteiger charge is 2.18. The highest BCUT2D eigenvalue weighted by molar-refractivity contribution is 7.89. The third-order valence-electron chi connectivity index (χ3n) is 2.77. The van der Waals surface area contributed by atoms with E-state index in [2.05, 4.69) is 5.32 Å². The van der Waals surface area contributed by atoms with Crippen LogP contribution in [0.3, 0.4) is 0 Å². The zero-order chi connectivity index (χ0) is 15.6. The number of nitrogens with one attached hydrogen (secondary N) is 1. The van der Waals surface area contributed by atoms with Gasteiger partial charge >= 0.3 is 0 Å². The molecular weight excluding hydrogens is 310 g/mol. The summed E-state index contributed by atoms with van der Waals surface area (Å²) in [4.78, 5) is 12.6. The predicted octanol–water partition coefficient (Wildman–Crippen LogP) is 1.83. The zero-order valence-corrected chi connectivity index (χ0v) is 13.2. The molecule has 1 heterocycles. The Morgan fingerprint density at radius 2 is 2.00 bits per heavy atom. The van der Waals surface area contributed by atoms with Crippen molar-refractivity contribution in [1.29, 1.82) is 0 Å². The van der Waals surface area contributed by atoms with Crippen molar-refractivity contribution in [2.45, 2.75) is 4.90 Å². The molecule has 6 nitrogen and oxygen atoms in total. The van der Waals surface area contributed by atoms with Crippen LogP contribution in [0.4, 0.5) is 11.4 Å². The summed E-state index contributed by atoms with van der Waals surface area (Å²) in [6, 6.07) is 7.73. The van der Waals surface area contributed by atoms with Crippen LogP contribution in [-0.4, -0.2) is 32.7 Å². The summed E-state index contributed by atoms with van der Waals surface area (Å²) < 4.78 is 25.2. The van der Waals surface area contributed by atoms with E-state index in [4.69, 9.17) is 5.73 Å². The van der Waals surface area contributed by atoms with Crippen LogP contribution in [0.2, 0.25) is 0 Å². The van der Waals surface area contributed by atoms with E-state index in [1.165, 1.54) is 37.6 Å². The molecule has 0 fully saturated rings. The Hall–Kier alpha value is -1.90. The first kappa shape index (κ1) is 15.5. The molecule has 21 heavy (non-hydrogen) atoms. The first-order valence-corrected chi connectivity index (χ1v) is 8.31. The van der Waals surface area contributed by atoms with Gasteiger partial charge in [0, 0.05) is 19.8 Å². The Kier molecular flexibility index (Phi) is 4.31. The van der Waals surface area contributed by atoms with Crippen molar-refractivity contribution in [2.24, 2.45) is 0 Å². The lowest BCUT2D eigenvalue weighted by Gasteiger charge is -2.12. The van der Waals surface area contributed by atoms with Gasteiger partial charge in [-0.15, -0.1) is 11.3 Å².